The standard InChI is InChI=1S/C13H14FN5OS/c1-2-19-11(12(15)20)10(7-16-19)18-13(21)17-9-6-4-3-5-8(9)14/h3-7H,2H2,1H3,(H2,15,20)(H2,17,18,21). The first kappa shape index (κ1) is 14.9. The fourth-order valence-corrected chi connectivity index (χ4v) is 2.03. The molecule has 0 aliphatic carbocycles. The first-order valence-electron chi connectivity index (χ1n) is 6.21. The lowest BCUT2D eigenvalue weighted by Gasteiger charge is -2.11. The number of thiocarbonyl (C=S) groups is 1. The molecule has 1 aromatic heterocycles. The van der Waals surface area contributed by atoms with Crippen LogP contribution in [0.2, 0.25) is 0 Å². The van der Waals surface area contributed by atoms with Crippen molar-refractivity contribution >= 4 is 34.6 Å². The minimum absolute atomic E-state index is 0.137. The second-order valence-corrected chi connectivity index (χ2v) is 4.55. The number of nitrogens with two attached hydrogens (primary N) is 1. The van der Waals surface area contributed by atoms with Crippen LogP contribution in [0, 0.1) is 5.82 Å². The van der Waals surface area contributed by atoms with Crippen molar-refractivity contribution in [1.82, 2.24) is 9.78 Å². The van der Waals surface area contributed by atoms with E-state index < -0.39 is 11.7 Å². The molecule has 6 nitrogen and oxygen atoms in total. The van der Waals surface area contributed by atoms with Crippen molar-refractivity contribution in [1.29, 1.82) is 0 Å². The third-order valence-corrected chi connectivity index (χ3v) is 2.95. The molecule has 8 heteroatoms. The zero-order chi connectivity index (χ0) is 15.4. The van der Waals surface area contributed by atoms with Gasteiger partial charge in [-0.15, -0.1) is 0 Å². The molecule has 2 aromatic rings. The number of halogens is 1. The molecule has 4 N–H and O–H groups in total. The Kier molecular flexibility index (Phi) is 4.49. The van der Waals surface area contributed by atoms with Gasteiger partial charge in [0.25, 0.3) is 5.91 Å². The number of primary amides is 1. The van der Waals surface area contributed by atoms with Gasteiger partial charge in [0.1, 0.15) is 11.5 Å². The van der Waals surface area contributed by atoms with Gasteiger partial charge in [-0.3, -0.25) is 9.48 Å². The van der Waals surface area contributed by atoms with Gasteiger partial charge >= 0.3 is 0 Å². The number of anilines is 2. The number of carbonyl (C=O) groups is 1. The van der Waals surface area contributed by atoms with E-state index in [0.29, 0.717) is 12.2 Å². The molecule has 0 saturated heterocycles. The molecule has 1 heterocycles. The van der Waals surface area contributed by atoms with Crippen molar-refractivity contribution in [3.63, 3.8) is 0 Å². The highest BCUT2D eigenvalue weighted by Crippen LogP contribution is 2.16. The Balaban J connectivity index is 2.15. The SMILES string of the molecule is CCn1ncc(NC(=S)Nc2ccccc2F)c1C(N)=O. The van der Waals surface area contributed by atoms with E-state index in [9.17, 15) is 9.18 Å². The van der Waals surface area contributed by atoms with Crippen molar-refractivity contribution in [2.24, 2.45) is 5.73 Å². The molecule has 0 atom stereocenters. The highest BCUT2D eigenvalue weighted by atomic mass is 32.1. The van der Waals surface area contributed by atoms with Crippen molar-refractivity contribution in [2.75, 3.05) is 10.6 Å². The number of hydrogen-bond acceptors (Lipinski definition) is 3. The van der Waals surface area contributed by atoms with Gasteiger partial charge in [-0.2, -0.15) is 5.10 Å². The Morgan fingerprint density at radius 3 is 2.67 bits per heavy atom. The smallest absolute Gasteiger partial charge is 0.269 e. The zero-order valence-electron chi connectivity index (χ0n) is 11.3. The van der Waals surface area contributed by atoms with Crippen LogP contribution in [-0.4, -0.2) is 20.8 Å². The summed E-state index contributed by atoms with van der Waals surface area (Å²) >= 11 is 5.09. The predicted octanol–water partition coefficient (Wildman–Crippen LogP) is 1.95. The van der Waals surface area contributed by atoms with Crippen molar-refractivity contribution in [3.8, 4) is 0 Å². The maximum atomic E-state index is 13.5. The van der Waals surface area contributed by atoms with E-state index in [1.54, 1.807) is 18.2 Å². The molecule has 0 aliphatic rings. The number of nitrogens with zero attached hydrogens (tertiary/aromatic N) is 2. The quantitative estimate of drug-likeness (QED) is 0.752. The second-order valence-electron chi connectivity index (χ2n) is 4.15. The van der Waals surface area contributed by atoms with E-state index in [1.807, 2.05) is 6.92 Å². The first-order chi connectivity index (χ1) is 10.0. The fraction of sp³-hybridized carbons (Fsp3) is 0.154. The van der Waals surface area contributed by atoms with E-state index in [1.165, 1.54) is 16.9 Å². The molecule has 0 radical (unpaired) electrons. The summed E-state index contributed by atoms with van der Waals surface area (Å²) in [6.45, 7) is 2.33. The van der Waals surface area contributed by atoms with Crippen LogP contribution in [0.4, 0.5) is 15.8 Å². The van der Waals surface area contributed by atoms with Crippen LogP contribution in [0.15, 0.2) is 30.5 Å². The van der Waals surface area contributed by atoms with Crippen molar-refractivity contribution in [3.05, 3.63) is 42.0 Å². The number of benzene rings is 1. The van der Waals surface area contributed by atoms with Gasteiger partial charge in [0, 0.05) is 6.54 Å². The van der Waals surface area contributed by atoms with Crippen LogP contribution in [-0.2, 0) is 6.54 Å². The Morgan fingerprint density at radius 1 is 1.38 bits per heavy atom. The van der Waals surface area contributed by atoms with Crippen molar-refractivity contribution in [2.45, 2.75) is 13.5 Å². The minimum atomic E-state index is -0.620. The summed E-state index contributed by atoms with van der Waals surface area (Å²) in [6, 6.07) is 6.12. The van der Waals surface area contributed by atoms with Crippen LogP contribution < -0.4 is 16.4 Å². The van der Waals surface area contributed by atoms with E-state index in [-0.39, 0.29) is 16.5 Å². The van der Waals surface area contributed by atoms with E-state index >= 15 is 0 Å². The first-order valence-corrected chi connectivity index (χ1v) is 6.62. The molecule has 0 fully saturated rings. The maximum absolute atomic E-state index is 13.5. The number of hydrogen-bond donors (Lipinski definition) is 3. The minimum Gasteiger partial charge on any atom is -0.364 e. The molecule has 0 spiro atoms. The largest absolute Gasteiger partial charge is 0.364 e. The third-order valence-electron chi connectivity index (χ3n) is 2.74. The predicted molar refractivity (Wildman–Crippen MR) is 82.7 cm³/mol. The van der Waals surface area contributed by atoms with Gasteiger partial charge in [-0.25, -0.2) is 4.39 Å². The molecule has 2 rings (SSSR count). The zero-order valence-corrected chi connectivity index (χ0v) is 12.1. The van der Waals surface area contributed by atoms with Crippen LogP contribution in [0.3, 0.4) is 0 Å². The van der Waals surface area contributed by atoms with Crippen molar-refractivity contribution < 1.29 is 9.18 Å². The van der Waals surface area contributed by atoms with Gasteiger partial charge < -0.3 is 16.4 Å². The van der Waals surface area contributed by atoms with Gasteiger partial charge in [-0.05, 0) is 31.3 Å². The number of nitrogens with one attached hydrogen (secondary N) is 2. The number of amides is 1. The molecule has 0 bridgehead atoms. The van der Waals surface area contributed by atoms with Crippen LogP contribution in [0.5, 0.6) is 0 Å². The third kappa shape index (κ3) is 3.34. The highest BCUT2D eigenvalue weighted by molar-refractivity contribution is 7.80. The molecule has 0 unspecified atom stereocenters. The molecule has 1 amide bonds. The van der Waals surface area contributed by atoms with Gasteiger partial charge in [0.2, 0.25) is 0 Å². The highest BCUT2D eigenvalue weighted by Gasteiger charge is 2.16. The summed E-state index contributed by atoms with van der Waals surface area (Å²) in [7, 11) is 0. The summed E-state index contributed by atoms with van der Waals surface area (Å²) in [4.78, 5) is 11.5. The molecule has 21 heavy (non-hydrogen) atoms. The maximum Gasteiger partial charge on any atom is 0.269 e. The number of para-hydroxylation sites is 1. The Bertz CT molecular complexity index is 685. The second kappa shape index (κ2) is 6.31. The lowest BCUT2D eigenvalue weighted by molar-refractivity contribution is 0.0991. The lowest BCUT2D eigenvalue weighted by atomic mass is 10.3. The monoisotopic (exact) mass is 307 g/mol. The van der Waals surface area contributed by atoms with Crippen LogP contribution >= 0.6 is 12.2 Å². The summed E-state index contributed by atoms with van der Waals surface area (Å²) in [6.07, 6.45) is 1.44. The molecular formula is C13H14FN5OS. The number of rotatable bonds is 4. The number of carbonyl (C=O) groups excluding carboxylic acids is 1. The van der Waals surface area contributed by atoms with Crippen LogP contribution in [0.1, 0.15) is 17.4 Å². The van der Waals surface area contributed by atoms with E-state index in [0.717, 1.165) is 0 Å². The lowest BCUT2D eigenvalue weighted by Crippen LogP contribution is -2.23. The average Bonchev–Trinajstić information content (AvgIpc) is 2.84. The summed E-state index contributed by atoms with van der Waals surface area (Å²) in [5.41, 5.74) is 6.15. The Hall–Kier alpha value is -2.48. The molecule has 0 saturated carbocycles. The van der Waals surface area contributed by atoms with Gasteiger partial charge in [0.05, 0.1) is 17.6 Å². The number of aryl methyl sites for hydroxylation is 1. The van der Waals surface area contributed by atoms with Gasteiger partial charge in [-0.1, -0.05) is 12.1 Å². The van der Waals surface area contributed by atoms with E-state index in [4.69, 9.17) is 18.0 Å². The molecular weight excluding hydrogens is 293 g/mol. The summed E-state index contributed by atoms with van der Waals surface area (Å²) < 4.78 is 15.0. The summed E-state index contributed by atoms with van der Waals surface area (Å²) in [5.74, 6) is -1.05. The van der Waals surface area contributed by atoms with E-state index in [2.05, 4.69) is 15.7 Å². The molecule has 0 aliphatic heterocycles. The Labute approximate surface area is 126 Å². The fourth-order valence-electron chi connectivity index (χ4n) is 1.81. The molecule has 110 valence electrons. The average molecular weight is 307 g/mol. The Morgan fingerprint density at radius 2 is 2.05 bits per heavy atom. The number of aromatic nitrogens is 2. The van der Waals surface area contributed by atoms with Crippen LogP contribution in [0.25, 0.3) is 0 Å². The molecule has 1 aromatic carbocycles. The van der Waals surface area contributed by atoms with Gasteiger partial charge in [0.15, 0.2) is 5.11 Å². The topological polar surface area (TPSA) is 85.0 Å². The normalized spacial score (nSPS) is 10.2. The summed E-state index contributed by atoms with van der Waals surface area (Å²) in [5, 5.41) is 9.66.